The van der Waals surface area contributed by atoms with Gasteiger partial charge in [-0.3, -0.25) is 4.79 Å². The lowest BCUT2D eigenvalue weighted by Crippen LogP contribution is -2.42. The molecule has 0 spiro atoms. The van der Waals surface area contributed by atoms with Gasteiger partial charge in [0.15, 0.2) is 0 Å². The molecule has 0 bridgehead atoms. The smallest absolute Gasteiger partial charge is 0.254 e. The fourth-order valence-electron chi connectivity index (χ4n) is 4.66. The second-order valence-electron chi connectivity index (χ2n) is 8.32. The lowest BCUT2D eigenvalue weighted by molar-refractivity contribution is -0.0246. The van der Waals surface area contributed by atoms with Crippen LogP contribution in [0.2, 0.25) is 0 Å². The monoisotopic (exact) mass is 417 g/mol. The largest absolute Gasteiger partial charge is 0.368 e. The van der Waals surface area contributed by atoms with Gasteiger partial charge in [-0.1, -0.05) is 24.2 Å². The average molecular weight is 418 g/mol. The fraction of sp³-hybridized carbons (Fsp3) is 0.400. The maximum atomic E-state index is 13.2. The first-order valence-electron chi connectivity index (χ1n) is 11.1. The molecule has 6 heteroatoms. The molecule has 160 valence electrons. The fourth-order valence-corrected chi connectivity index (χ4v) is 4.66. The number of hydrogen-bond acceptors (Lipinski definition) is 5. The molecule has 3 heterocycles. The molecule has 0 saturated carbocycles. The molecule has 1 unspecified atom stereocenters. The van der Waals surface area contributed by atoms with Crippen LogP contribution in [-0.4, -0.2) is 40.6 Å². The van der Waals surface area contributed by atoms with Crippen LogP contribution < -0.4 is 0 Å². The minimum atomic E-state index is -0.252. The average Bonchev–Trinajstić information content (AvgIpc) is 3.44. The molecule has 2 aliphatic rings. The van der Waals surface area contributed by atoms with E-state index in [0.29, 0.717) is 19.7 Å². The molecule has 1 amide bonds. The Morgan fingerprint density at radius 3 is 2.94 bits per heavy atom. The van der Waals surface area contributed by atoms with Crippen LogP contribution >= 0.6 is 0 Å². The zero-order valence-electron chi connectivity index (χ0n) is 18.1. The summed E-state index contributed by atoms with van der Waals surface area (Å²) in [7, 11) is 0. The van der Waals surface area contributed by atoms with Crippen molar-refractivity contribution in [2.45, 2.75) is 45.6 Å². The summed E-state index contributed by atoms with van der Waals surface area (Å²) in [5.41, 5.74) is 6.92. The van der Waals surface area contributed by atoms with Crippen molar-refractivity contribution in [3.63, 3.8) is 0 Å². The second kappa shape index (κ2) is 8.27. The van der Waals surface area contributed by atoms with Crippen molar-refractivity contribution in [2.24, 2.45) is 0 Å². The summed E-state index contributed by atoms with van der Waals surface area (Å²) in [6.07, 6.45) is 3.88. The number of rotatable bonds is 4. The molecule has 1 aromatic carbocycles. The zero-order valence-corrected chi connectivity index (χ0v) is 18.1. The van der Waals surface area contributed by atoms with Gasteiger partial charge in [0.1, 0.15) is 11.9 Å². The highest BCUT2D eigenvalue weighted by molar-refractivity contribution is 5.94. The van der Waals surface area contributed by atoms with Gasteiger partial charge in [0, 0.05) is 18.5 Å². The lowest BCUT2D eigenvalue weighted by atomic mass is 10.0. The van der Waals surface area contributed by atoms with Crippen LogP contribution in [-0.2, 0) is 24.0 Å². The van der Waals surface area contributed by atoms with Crippen molar-refractivity contribution in [3.8, 4) is 11.3 Å². The Hall–Kier alpha value is -2.99. The molecule has 31 heavy (non-hydrogen) atoms. The van der Waals surface area contributed by atoms with Crippen molar-refractivity contribution in [3.05, 3.63) is 70.2 Å². The van der Waals surface area contributed by atoms with E-state index in [9.17, 15) is 4.79 Å². The van der Waals surface area contributed by atoms with E-state index in [1.165, 1.54) is 17.5 Å². The predicted octanol–water partition coefficient (Wildman–Crippen LogP) is 4.31. The highest BCUT2D eigenvalue weighted by Gasteiger charge is 2.28. The van der Waals surface area contributed by atoms with Crippen molar-refractivity contribution in [2.75, 3.05) is 19.7 Å². The van der Waals surface area contributed by atoms with Gasteiger partial charge in [0.2, 0.25) is 0 Å². The number of carbonyl (C=O) groups is 1. The second-order valence-corrected chi connectivity index (χ2v) is 8.32. The number of ether oxygens (including phenoxy) is 1. The number of fused-ring (bicyclic) bond motifs is 1. The van der Waals surface area contributed by atoms with Gasteiger partial charge in [-0.25, -0.2) is 4.98 Å². The first-order chi connectivity index (χ1) is 15.1. The number of morpholine rings is 1. The molecule has 0 N–H and O–H groups in total. The van der Waals surface area contributed by atoms with Crippen LogP contribution in [0.4, 0.5) is 0 Å². The summed E-state index contributed by atoms with van der Waals surface area (Å²) in [6, 6.07) is 12.1. The Bertz CT molecular complexity index is 1120. The minimum Gasteiger partial charge on any atom is -0.368 e. The van der Waals surface area contributed by atoms with Crippen LogP contribution in [0.25, 0.3) is 11.3 Å². The van der Waals surface area contributed by atoms with Gasteiger partial charge in [-0.15, -0.1) is 0 Å². The highest BCUT2D eigenvalue weighted by Crippen LogP contribution is 2.29. The highest BCUT2D eigenvalue weighted by atomic mass is 16.5. The molecule has 1 aliphatic heterocycles. The van der Waals surface area contributed by atoms with E-state index in [0.717, 1.165) is 53.2 Å². The Labute approximate surface area is 182 Å². The molecule has 0 radical (unpaired) electrons. The quantitative estimate of drug-likeness (QED) is 0.633. The van der Waals surface area contributed by atoms with E-state index in [1.807, 2.05) is 43.0 Å². The van der Waals surface area contributed by atoms with Crippen molar-refractivity contribution >= 4 is 5.91 Å². The van der Waals surface area contributed by atoms with Gasteiger partial charge in [-0.05, 0) is 61.6 Å². The first-order valence-corrected chi connectivity index (χ1v) is 11.1. The van der Waals surface area contributed by atoms with E-state index in [4.69, 9.17) is 14.2 Å². The van der Waals surface area contributed by atoms with Crippen LogP contribution in [0.5, 0.6) is 0 Å². The van der Waals surface area contributed by atoms with E-state index in [2.05, 4.69) is 17.3 Å². The molecular formula is C25H27N3O3. The first kappa shape index (κ1) is 19.9. The number of amides is 1. The summed E-state index contributed by atoms with van der Waals surface area (Å²) in [5.74, 6) is 0.905. The Morgan fingerprint density at radius 1 is 1.19 bits per heavy atom. The summed E-state index contributed by atoms with van der Waals surface area (Å²) in [5, 5.41) is 4.10. The maximum Gasteiger partial charge on any atom is 0.254 e. The standard InChI is InChI=1S/C25H27N3O3/c1-3-22-24(16(2)27-31-22)21-9-5-8-20(26-21)23-15-28(12-13-30-23)25(29)19-11-10-17-6-4-7-18(17)14-19/h5,8-11,14,23H,3-4,6-7,12-13,15H2,1-2H3. The molecular weight excluding hydrogens is 390 g/mol. The molecule has 1 saturated heterocycles. The van der Waals surface area contributed by atoms with Gasteiger partial charge < -0.3 is 14.2 Å². The van der Waals surface area contributed by atoms with Crippen molar-refractivity contribution in [1.29, 1.82) is 0 Å². The number of pyridine rings is 1. The molecule has 5 rings (SSSR count). The number of aryl methyl sites for hydroxylation is 4. The third-order valence-corrected chi connectivity index (χ3v) is 6.31. The van der Waals surface area contributed by atoms with Gasteiger partial charge >= 0.3 is 0 Å². The molecule has 1 fully saturated rings. The number of hydrogen-bond donors (Lipinski definition) is 0. The molecule has 1 aliphatic carbocycles. The Balaban J connectivity index is 1.37. The van der Waals surface area contributed by atoms with Crippen molar-refractivity contribution < 1.29 is 14.1 Å². The topological polar surface area (TPSA) is 68.5 Å². The SMILES string of the molecule is CCc1onc(C)c1-c1cccc(C2CN(C(=O)c3ccc4c(c3)CCC4)CCO2)n1. The van der Waals surface area contributed by atoms with E-state index >= 15 is 0 Å². The Morgan fingerprint density at radius 2 is 2.06 bits per heavy atom. The minimum absolute atomic E-state index is 0.0716. The van der Waals surface area contributed by atoms with Crippen molar-refractivity contribution in [1.82, 2.24) is 15.0 Å². The summed E-state index contributed by atoms with van der Waals surface area (Å²) in [4.78, 5) is 19.9. The third kappa shape index (κ3) is 3.76. The van der Waals surface area contributed by atoms with Gasteiger partial charge in [0.05, 0.1) is 35.8 Å². The number of nitrogens with zero attached hydrogens (tertiary/aromatic N) is 3. The summed E-state index contributed by atoms with van der Waals surface area (Å²) in [6.45, 7) is 5.56. The number of benzene rings is 1. The van der Waals surface area contributed by atoms with E-state index < -0.39 is 0 Å². The molecule has 6 nitrogen and oxygen atoms in total. The van der Waals surface area contributed by atoms with Crippen LogP contribution in [0.3, 0.4) is 0 Å². The number of aromatic nitrogens is 2. The molecule has 3 aromatic rings. The van der Waals surface area contributed by atoms with Gasteiger partial charge in [0.25, 0.3) is 5.91 Å². The van der Waals surface area contributed by atoms with E-state index in [-0.39, 0.29) is 12.0 Å². The Kier molecular flexibility index (Phi) is 5.32. The summed E-state index contributed by atoms with van der Waals surface area (Å²) >= 11 is 0. The molecule has 1 atom stereocenters. The predicted molar refractivity (Wildman–Crippen MR) is 117 cm³/mol. The third-order valence-electron chi connectivity index (χ3n) is 6.31. The normalized spacial score (nSPS) is 18.3. The van der Waals surface area contributed by atoms with Gasteiger partial charge in [-0.2, -0.15) is 0 Å². The summed E-state index contributed by atoms with van der Waals surface area (Å²) < 4.78 is 11.5. The molecule has 2 aromatic heterocycles. The number of carbonyl (C=O) groups excluding carboxylic acids is 1. The van der Waals surface area contributed by atoms with E-state index in [1.54, 1.807) is 0 Å². The van der Waals surface area contributed by atoms with Crippen LogP contribution in [0.1, 0.15) is 58.1 Å². The zero-order chi connectivity index (χ0) is 21.4. The van der Waals surface area contributed by atoms with Crippen LogP contribution in [0, 0.1) is 6.92 Å². The maximum absolute atomic E-state index is 13.2. The van der Waals surface area contributed by atoms with Crippen LogP contribution in [0.15, 0.2) is 40.9 Å². The lowest BCUT2D eigenvalue weighted by Gasteiger charge is -2.33.